The lowest BCUT2D eigenvalue weighted by molar-refractivity contribution is 0.0927. The second-order valence-corrected chi connectivity index (χ2v) is 5.86. The molecule has 0 fully saturated rings. The van der Waals surface area contributed by atoms with Crippen LogP contribution in [-0.2, 0) is 0 Å². The minimum atomic E-state index is -0.102. The topological polar surface area (TPSA) is 54.0 Å². The number of carbonyl (C=O) groups is 1. The van der Waals surface area contributed by atoms with E-state index in [9.17, 15) is 4.79 Å². The van der Waals surface area contributed by atoms with Crippen molar-refractivity contribution in [3.8, 4) is 0 Å². The van der Waals surface area contributed by atoms with Crippen molar-refractivity contribution in [1.29, 1.82) is 0 Å². The van der Waals surface area contributed by atoms with Gasteiger partial charge in [-0.15, -0.1) is 11.3 Å². The molecule has 106 valence electrons. The highest BCUT2D eigenvalue weighted by atomic mass is 32.1. The zero-order valence-electron chi connectivity index (χ0n) is 11.9. The number of nitrogens with zero attached hydrogens (tertiary/aromatic N) is 1. The van der Waals surface area contributed by atoms with Gasteiger partial charge in [-0.2, -0.15) is 0 Å². The molecule has 20 heavy (non-hydrogen) atoms. The lowest BCUT2D eigenvalue weighted by Gasteiger charge is -2.21. The van der Waals surface area contributed by atoms with Crippen molar-refractivity contribution in [1.82, 2.24) is 10.3 Å². The Morgan fingerprint density at radius 2 is 2.15 bits per heavy atom. The maximum Gasteiger partial charge on any atom is 0.255 e. The lowest BCUT2D eigenvalue weighted by Crippen LogP contribution is -2.31. The monoisotopic (exact) mass is 289 g/mol. The summed E-state index contributed by atoms with van der Waals surface area (Å²) in [5, 5.41) is 8.14. The number of pyridine rings is 1. The predicted molar refractivity (Wildman–Crippen MR) is 83.1 cm³/mol. The first-order valence-electron chi connectivity index (χ1n) is 6.59. The minimum Gasteiger partial charge on any atom is -0.387 e. The fraction of sp³-hybridized carbons (Fsp3) is 0.333. The molecule has 0 spiro atoms. The molecule has 2 aromatic rings. The summed E-state index contributed by atoms with van der Waals surface area (Å²) in [5.41, 5.74) is 1.35. The van der Waals surface area contributed by atoms with Gasteiger partial charge < -0.3 is 10.6 Å². The number of rotatable bonds is 5. The standard InChI is InChI=1S/C15H19N3OS/c1-10(2)14(13-5-4-8-20-13)18-15(19)11-9-17-7-6-12(11)16-3/h4-10,14H,1-3H3,(H,16,17)(H,18,19). The molecule has 0 aliphatic carbocycles. The van der Waals surface area contributed by atoms with Gasteiger partial charge in [0.15, 0.2) is 0 Å². The molecule has 0 radical (unpaired) electrons. The lowest BCUT2D eigenvalue weighted by atomic mass is 10.0. The Bertz CT molecular complexity index is 566. The number of amides is 1. The van der Waals surface area contributed by atoms with Crippen LogP contribution in [0.4, 0.5) is 5.69 Å². The van der Waals surface area contributed by atoms with Crippen molar-refractivity contribution in [3.63, 3.8) is 0 Å². The average Bonchev–Trinajstić information content (AvgIpc) is 2.97. The molecule has 5 heteroatoms. The fourth-order valence-corrected chi connectivity index (χ4v) is 3.00. The summed E-state index contributed by atoms with van der Waals surface area (Å²) in [6.07, 6.45) is 3.26. The third kappa shape index (κ3) is 3.17. The molecular weight excluding hydrogens is 270 g/mol. The van der Waals surface area contributed by atoms with Crippen LogP contribution in [0.25, 0.3) is 0 Å². The fourth-order valence-electron chi connectivity index (χ4n) is 2.05. The first kappa shape index (κ1) is 14.5. The molecule has 1 atom stereocenters. The Morgan fingerprint density at radius 1 is 1.35 bits per heavy atom. The van der Waals surface area contributed by atoms with E-state index < -0.39 is 0 Å². The summed E-state index contributed by atoms with van der Waals surface area (Å²) in [6.45, 7) is 4.21. The average molecular weight is 289 g/mol. The molecule has 0 bridgehead atoms. The van der Waals surface area contributed by atoms with Crippen molar-refractivity contribution >= 4 is 22.9 Å². The number of hydrogen-bond donors (Lipinski definition) is 2. The third-order valence-electron chi connectivity index (χ3n) is 3.14. The highest BCUT2D eigenvalue weighted by Crippen LogP contribution is 2.26. The predicted octanol–water partition coefficient (Wildman–Crippen LogP) is 3.31. The summed E-state index contributed by atoms with van der Waals surface area (Å²) >= 11 is 1.66. The van der Waals surface area contributed by atoms with E-state index in [1.807, 2.05) is 11.4 Å². The molecule has 2 rings (SSSR count). The maximum atomic E-state index is 12.4. The van der Waals surface area contributed by atoms with E-state index in [2.05, 4.69) is 35.5 Å². The molecule has 1 amide bonds. The van der Waals surface area contributed by atoms with Crippen molar-refractivity contribution in [2.24, 2.45) is 5.92 Å². The molecule has 2 aromatic heterocycles. The molecule has 1 unspecified atom stereocenters. The number of carbonyl (C=O) groups excluding carboxylic acids is 1. The van der Waals surface area contributed by atoms with Gasteiger partial charge in [-0.25, -0.2) is 0 Å². The summed E-state index contributed by atoms with van der Waals surface area (Å²) < 4.78 is 0. The number of hydrogen-bond acceptors (Lipinski definition) is 4. The quantitative estimate of drug-likeness (QED) is 0.888. The maximum absolute atomic E-state index is 12.4. The Hall–Kier alpha value is -1.88. The molecule has 0 aliphatic rings. The van der Waals surface area contributed by atoms with E-state index in [-0.39, 0.29) is 11.9 Å². The van der Waals surface area contributed by atoms with E-state index in [4.69, 9.17) is 0 Å². The van der Waals surface area contributed by atoms with E-state index in [1.165, 1.54) is 4.88 Å². The van der Waals surface area contributed by atoms with Crippen LogP contribution < -0.4 is 10.6 Å². The first-order valence-corrected chi connectivity index (χ1v) is 7.47. The van der Waals surface area contributed by atoms with Gasteiger partial charge in [-0.3, -0.25) is 9.78 Å². The Labute approximate surface area is 123 Å². The molecular formula is C15H19N3OS. The summed E-state index contributed by atoms with van der Waals surface area (Å²) in [5.74, 6) is 0.224. The van der Waals surface area contributed by atoms with Crippen LogP contribution in [0.1, 0.15) is 35.1 Å². The van der Waals surface area contributed by atoms with Crippen LogP contribution in [0.2, 0.25) is 0 Å². The second kappa shape index (κ2) is 6.52. The van der Waals surface area contributed by atoms with Gasteiger partial charge >= 0.3 is 0 Å². The molecule has 0 aromatic carbocycles. The van der Waals surface area contributed by atoms with Crippen molar-refractivity contribution < 1.29 is 4.79 Å². The van der Waals surface area contributed by atoms with Gasteiger partial charge in [0.1, 0.15) is 0 Å². The van der Waals surface area contributed by atoms with Gasteiger partial charge in [-0.05, 0) is 23.4 Å². The minimum absolute atomic E-state index is 0.0208. The molecule has 2 heterocycles. The van der Waals surface area contributed by atoms with Crippen LogP contribution in [0.5, 0.6) is 0 Å². The van der Waals surface area contributed by atoms with Crippen molar-refractivity contribution in [2.45, 2.75) is 19.9 Å². The highest BCUT2D eigenvalue weighted by Gasteiger charge is 2.21. The van der Waals surface area contributed by atoms with Gasteiger partial charge in [0.25, 0.3) is 5.91 Å². The zero-order chi connectivity index (χ0) is 14.5. The molecule has 0 saturated carbocycles. The molecule has 2 N–H and O–H groups in total. The zero-order valence-corrected chi connectivity index (χ0v) is 12.7. The Balaban J connectivity index is 2.21. The van der Waals surface area contributed by atoms with E-state index in [0.29, 0.717) is 11.5 Å². The first-order chi connectivity index (χ1) is 9.63. The normalized spacial score (nSPS) is 12.2. The number of aromatic nitrogens is 1. The van der Waals surface area contributed by atoms with E-state index in [0.717, 1.165) is 5.69 Å². The van der Waals surface area contributed by atoms with Crippen molar-refractivity contribution in [2.75, 3.05) is 12.4 Å². The van der Waals surface area contributed by atoms with Crippen LogP contribution >= 0.6 is 11.3 Å². The van der Waals surface area contributed by atoms with E-state index >= 15 is 0 Å². The van der Waals surface area contributed by atoms with Crippen LogP contribution in [0.3, 0.4) is 0 Å². The van der Waals surface area contributed by atoms with Gasteiger partial charge in [0, 0.05) is 30.0 Å². The highest BCUT2D eigenvalue weighted by molar-refractivity contribution is 7.10. The molecule has 0 saturated heterocycles. The number of thiophene rings is 1. The Kier molecular flexibility index (Phi) is 4.74. The second-order valence-electron chi connectivity index (χ2n) is 4.88. The van der Waals surface area contributed by atoms with Crippen LogP contribution in [0.15, 0.2) is 36.0 Å². The largest absolute Gasteiger partial charge is 0.387 e. The van der Waals surface area contributed by atoms with Crippen molar-refractivity contribution in [3.05, 3.63) is 46.4 Å². The van der Waals surface area contributed by atoms with E-state index in [1.54, 1.807) is 36.8 Å². The summed E-state index contributed by atoms with van der Waals surface area (Å²) in [6, 6.07) is 5.87. The number of nitrogens with one attached hydrogen (secondary N) is 2. The summed E-state index contributed by atoms with van der Waals surface area (Å²) in [4.78, 5) is 17.6. The van der Waals surface area contributed by atoms with Crippen LogP contribution in [-0.4, -0.2) is 17.9 Å². The molecule has 4 nitrogen and oxygen atoms in total. The summed E-state index contributed by atoms with van der Waals surface area (Å²) in [7, 11) is 1.80. The third-order valence-corrected chi connectivity index (χ3v) is 4.09. The number of anilines is 1. The van der Waals surface area contributed by atoms with Gasteiger partial charge in [-0.1, -0.05) is 19.9 Å². The Morgan fingerprint density at radius 3 is 2.75 bits per heavy atom. The van der Waals surface area contributed by atoms with Gasteiger partial charge in [0.2, 0.25) is 0 Å². The SMILES string of the molecule is CNc1ccncc1C(=O)NC(c1cccs1)C(C)C. The van der Waals surface area contributed by atoms with Crippen LogP contribution in [0, 0.1) is 5.92 Å². The molecule has 0 aliphatic heterocycles. The van der Waals surface area contributed by atoms with Gasteiger partial charge in [0.05, 0.1) is 11.6 Å². The smallest absolute Gasteiger partial charge is 0.255 e.